The van der Waals surface area contributed by atoms with Gasteiger partial charge in [-0.05, 0) is 11.6 Å². The van der Waals surface area contributed by atoms with Crippen molar-refractivity contribution in [2.24, 2.45) is 0 Å². The molecule has 0 aliphatic carbocycles. The fraction of sp³-hybridized carbons (Fsp3) is 0.538. The van der Waals surface area contributed by atoms with Crippen LogP contribution >= 0.6 is 0 Å². The SMILES string of the molecule is OCCN(CC(F)F)CC1Cc2ccccc2O1. The number of aliphatic hydroxyl groups is 1. The molecule has 1 N–H and O–H groups in total. The number of alkyl halides is 2. The number of ether oxygens (including phenoxy) is 1. The highest BCUT2D eigenvalue weighted by atomic mass is 19.3. The highest BCUT2D eigenvalue weighted by Gasteiger charge is 2.25. The summed E-state index contributed by atoms with van der Waals surface area (Å²) in [6, 6.07) is 7.71. The number of rotatable bonds is 6. The molecule has 1 aliphatic rings. The van der Waals surface area contributed by atoms with Gasteiger partial charge in [0.25, 0.3) is 6.43 Å². The van der Waals surface area contributed by atoms with Gasteiger partial charge in [0.1, 0.15) is 11.9 Å². The highest BCUT2D eigenvalue weighted by molar-refractivity contribution is 5.37. The fourth-order valence-corrected chi connectivity index (χ4v) is 2.24. The average Bonchev–Trinajstić information content (AvgIpc) is 2.70. The Balaban J connectivity index is 1.90. The smallest absolute Gasteiger partial charge is 0.251 e. The summed E-state index contributed by atoms with van der Waals surface area (Å²) in [5.41, 5.74) is 1.11. The molecule has 0 amide bonds. The van der Waals surface area contributed by atoms with E-state index in [0.717, 1.165) is 17.7 Å². The van der Waals surface area contributed by atoms with Crippen LogP contribution in [0.5, 0.6) is 5.75 Å². The van der Waals surface area contributed by atoms with E-state index in [9.17, 15) is 8.78 Å². The van der Waals surface area contributed by atoms with Gasteiger partial charge in [0.05, 0.1) is 13.2 Å². The molecular formula is C13H17F2NO2. The molecule has 0 aromatic heterocycles. The first-order chi connectivity index (χ1) is 8.69. The molecule has 1 aromatic carbocycles. The Bertz CT molecular complexity index is 362. The first kappa shape index (κ1) is 13.2. The topological polar surface area (TPSA) is 32.7 Å². The Morgan fingerprint density at radius 1 is 1.39 bits per heavy atom. The van der Waals surface area contributed by atoms with Crippen LogP contribution < -0.4 is 4.74 Å². The van der Waals surface area contributed by atoms with Crippen LogP contribution in [-0.4, -0.2) is 48.8 Å². The van der Waals surface area contributed by atoms with E-state index in [1.54, 1.807) is 4.90 Å². The zero-order valence-corrected chi connectivity index (χ0v) is 10.1. The van der Waals surface area contributed by atoms with Crippen LogP contribution in [0.25, 0.3) is 0 Å². The predicted molar refractivity (Wildman–Crippen MR) is 64.1 cm³/mol. The molecule has 0 saturated heterocycles. The minimum atomic E-state index is -2.39. The molecule has 1 aliphatic heterocycles. The molecule has 2 rings (SSSR count). The molecule has 18 heavy (non-hydrogen) atoms. The fourth-order valence-electron chi connectivity index (χ4n) is 2.24. The number of aliphatic hydroxyl groups excluding tert-OH is 1. The third-order valence-corrected chi connectivity index (χ3v) is 2.99. The number of halogens is 2. The second-order valence-electron chi connectivity index (χ2n) is 4.43. The molecule has 0 fully saturated rings. The quantitative estimate of drug-likeness (QED) is 0.839. The third kappa shape index (κ3) is 3.40. The molecule has 0 saturated carbocycles. The van der Waals surface area contributed by atoms with E-state index in [0.29, 0.717) is 6.54 Å². The van der Waals surface area contributed by atoms with E-state index in [-0.39, 0.29) is 25.8 Å². The summed E-state index contributed by atoms with van der Waals surface area (Å²) in [6.45, 7) is 0.225. The summed E-state index contributed by atoms with van der Waals surface area (Å²) in [7, 11) is 0. The van der Waals surface area contributed by atoms with Crippen molar-refractivity contribution in [3.63, 3.8) is 0 Å². The van der Waals surface area contributed by atoms with Gasteiger partial charge in [-0.15, -0.1) is 0 Å². The van der Waals surface area contributed by atoms with Gasteiger partial charge in [0.15, 0.2) is 0 Å². The summed E-state index contributed by atoms with van der Waals surface area (Å²) in [5, 5.41) is 8.87. The highest BCUT2D eigenvalue weighted by Crippen LogP contribution is 2.28. The van der Waals surface area contributed by atoms with Crippen LogP contribution in [0.1, 0.15) is 5.56 Å². The van der Waals surface area contributed by atoms with Crippen LogP contribution in [0.2, 0.25) is 0 Å². The molecule has 100 valence electrons. The maximum atomic E-state index is 12.4. The predicted octanol–water partition coefficient (Wildman–Crippen LogP) is 1.55. The average molecular weight is 257 g/mol. The van der Waals surface area contributed by atoms with Crippen LogP contribution in [0.15, 0.2) is 24.3 Å². The number of para-hydroxylation sites is 1. The van der Waals surface area contributed by atoms with Gasteiger partial charge < -0.3 is 9.84 Å². The van der Waals surface area contributed by atoms with Gasteiger partial charge in [0, 0.05) is 19.5 Å². The molecule has 1 aromatic rings. The van der Waals surface area contributed by atoms with Crippen molar-refractivity contribution in [3.8, 4) is 5.75 Å². The van der Waals surface area contributed by atoms with E-state index in [4.69, 9.17) is 9.84 Å². The Hall–Kier alpha value is -1.20. The van der Waals surface area contributed by atoms with Crippen molar-refractivity contribution in [2.45, 2.75) is 19.0 Å². The van der Waals surface area contributed by atoms with Crippen molar-refractivity contribution in [1.82, 2.24) is 4.90 Å². The molecule has 0 bridgehead atoms. The van der Waals surface area contributed by atoms with Crippen LogP contribution in [0.4, 0.5) is 8.78 Å². The molecule has 5 heteroatoms. The van der Waals surface area contributed by atoms with Crippen molar-refractivity contribution in [2.75, 3.05) is 26.2 Å². The summed E-state index contributed by atoms with van der Waals surface area (Å²) in [6.07, 6.45) is -1.76. The van der Waals surface area contributed by atoms with Gasteiger partial charge in [-0.25, -0.2) is 8.78 Å². The zero-order chi connectivity index (χ0) is 13.0. The Morgan fingerprint density at radius 2 is 2.17 bits per heavy atom. The normalized spacial score (nSPS) is 18.2. The van der Waals surface area contributed by atoms with Crippen LogP contribution in [0, 0.1) is 0 Å². The molecule has 0 radical (unpaired) electrons. The summed E-state index contributed by atoms with van der Waals surface area (Å²) in [5.74, 6) is 0.837. The standard InChI is InChI=1S/C13H17F2NO2/c14-13(15)9-16(5-6-17)8-11-7-10-3-1-2-4-12(10)18-11/h1-4,11,13,17H,5-9H2. The van der Waals surface area contributed by atoms with Gasteiger partial charge in [-0.3, -0.25) is 4.90 Å². The minimum Gasteiger partial charge on any atom is -0.488 e. The van der Waals surface area contributed by atoms with E-state index in [2.05, 4.69) is 0 Å². The lowest BCUT2D eigenvalue weighted by molar-refractivity contribution is 0.0575. The number of fused-ring (bicyclic) bond motifs is 1. The lowest BCUT2D eigenvalue weighted by atomic mass is 10.1. The third-order valence-electron chi connectivity index (χ3n) is 2.99. The van der Waals surface area contributed by atoms with Crippen LogP contribution in [0.3, 0.4) is 0 Å². The molecule has 3 nitrogen and oxygen atoms in total. The Morgan fingerprint density at radius 3 is 2.83 bits per heavy atom. The minimum absolute atomic E-state index is 0.104. The second kappa shape index (κ2) is 6.11. The van der Waals surface area contributed by atoms with Crippen molar-refractivity contribution in [3.05, 3.63) is 29.8 Å². The van der Waals surface area contributed by atoms with Gasteiger partial charge >= 0.3 is 0 Å². The number of benzene rings is 1. The first-order valence-corrected chi connectivity index (χ1v) is 6.05. The van der Waals surface area contributed by atoms with Gasteiger partial charge in [-0.1, -0.05) is 18.2 Å². The van der Waals surface area contributed by atoms with Gasteiger partial charge in [0.2, 0.25) is 0 Å². The zero-order valence-electron chi connectivity index (χ0n) is 10.1. The Kier molecular flexibility index (Phi) is 4.49. The molecule has 1 unspecified atom stereocenters. The number of nitrogens with zero attached hydrogens (tertiary/aromatic N) is 1. The van der Waals surface area contributed by atoms with Gasteiger partial charge in [-0.2, -0.15) is 0 Å². The summed E-state index contributed by atoms with van der Waals surface area (Å²) >= 11 is 0. The van der Waals surface area contributed by atoms with E-state index in [1.165, 1.54) is 0 Å². The molecular weight excluding hydrogens is 240 g/mol. The van der Waals surface area contributed by atoms with E-state index < -0.39 is 6.43 Å². The summed E-state index contributed by atoms with van der Waals surface area (Å²) in [4.78, 5) is 1.54. The second-order valence-corrected chi connectivity index (χ2v) is 4.43. The maximum Gasteiger partial charge on any atom is 0.251 e. The Labute approximate surface area is 105 Å². The number of hydrogen-bond acceptors (Lipinski definition) is 3. The van der Waals surface area contributed by atoms with Crippen LogP contribution in [-0.2, 0) is 6.42 Å². The largest absolute Gasteiger partial charge is 0.488 e. The molecule has 1 atom stereocenters. The molecule has 0 spiro atoms. The monoisotopic (exact) mass is 257 g/mol. The van der Waals surface area contributed by atoms with E-state index >= 15 is 0 Å². The maximum absolute atomic E-state index is 12.4. The number of hydrogen-bond donors (Lipinski definition) is 1. The summed E-state index contributed by atoms with van der Waals surface area (Å²) < 4.78 is 30.5. The lowest BCUT2D eigenvalue weighted by Crippen LogP contribution is -2.39. The molecule has 1 heterocycles. The van der Waals surface area contributed by atoms with E-state index in [1.807, 2.05) is 24.3 Å². The van der Waals surface area contributed by atoms with Crippen molar-refractivity contribution >= 4 is 0 Å². The van der Waals surface area contributed by atoms with Crippen molar-refractivity contribution < 1.29 is 18.6 Å². The van der Waals surface area contributed by atoms with Crippen molar-refractivity contribution in [1.29, 1.82) is 0 Å². The first-order valence-electron chi connectivity index (χ1n) is 6.05. The lowest BCUT2D eigenvalue weighted by Gasteiger charge is -2.23.